The van der Waals surface area contributed by atoms with E-state index in [0.29, 0.717) is 31.0 Å². The zero-order valence-corrected chi connectivity index (χ0v) is 13.6. The summed E-state index contributed by atoms with van der Waals surface area (Å²) in [6.07, 6.45) is 3.78. The summed E-state index contributed by atoms with van der Waals surface area (Å²) < 4.78 is 37.9. The predicted octanol–water partition coefficient (Wildman–Crippen LogP) is 1.99. The fourth-order valence-corrected chi connectivity index (χ4v) is 5.26. The summed E-state index contributed by atoms with van der Waals surface area (Å²) in [5, 5.41) is 1.71. The maximum Gasteiger partial charge on any atom is 0.256 e. The second-order valence-corrected chi connectivity index (χ2v) is 7.91. The molecule has 1 aliphatic rings. The average molecular weight is 340 g/mol. The Morgan fingerprint density at radius 2 is 2.27 bits per heavy atom. The molecule has 118 valence electrons. The van der Waals surface area contributed by atoms with Crippen LogP contribution in [-0.4, -0.2) is 44.0 Å². The molecule has 1 atom stereocenters. The number of aromatic nitrogens is 1. The third-order valence-electron chi connectivity index (χ3n) is 3.43. The summed E-state index contributed by atoms with van der Waals surface area (Å²) in [4.78, 5) is 3.99. The first-order chi connectivity index (χ1) is 10.6. The van der Waals surface area contributed by atoms with Crippen LogP contribution in [0.5, 0.6) is 11.5 Å². The Kier molecular flexibility index (Phi) is 4.32. The highest BCUT2D eigenvalue weighted by atomic mass is 32.2. The standard InChI is InChI=1S/C14H16N2O4S2/c1-19-13-5-8-21-14(13)22(17,18)16-7-4-12(10-16)20-11-3-2-6-15-9-11/h2-3,5-6,8-9,12H,4,7,10H2,1H3/t12-/m1/s1. The molecule has 2 aromatic heterocycles. The summed E-state index contributed by atoms with van der Waals surface area (Å²) in [6.45, 7) is 0.770. The first-order valence-electron chi connectivity index (χ1n) is 6.79. The van der Waals surface area contributed by atoms with Crippen molar-refractivity contribution in [1.29, 1.82) is 0 Å². The van der Waals surface area contributed by atoms with Gasteiger partial charge in [-0.3, -0.25) is 4.98 Å². The molecule has 0 bridgehead atoms. The van der Waals surface area contributed by atoms with E-state index >= 15 is 0 Å². The van der Waals surface area contributed by atoms with Gasteiger partial charge in [-0.05, 0) is 30.0 Å². The fraction of sp³-hybridized carbons (Fsp3) is 0.357. The molecule has 22 heavy (non-hydrogen) atoms. The molecule has 0 unspecified atom stereocenters. The van der Waals surface area contributed by atoms with E-state index in [1.165, 1.54) is 22.8 Å². The van der Waals surface area contributed by atoms with Crippen LogP contribution in [0, 0.1) is 0 Å². The topological polar surface area (TPSA) is 68.7 Å². The Morgan fingerprint density at radius 1 is 1.41 bits per heavy atom. The molecule has 0 aromatic carbocycles. The van der Waals surface area contributed by atoms with Gasteiger partial charge in [-0.1, -0.05) is 0 Å². The van der Waals surface area contributed by atoms with Crippen LogP contribution in [0.25, 0.3) is 0 Å². The molecule has 0 N–H and O–H groups in total. The van der Waals surface area contributed by atoms with Gasteiger partial charge in [0.05, 0.1) is 19.9 Å². The Labute approximate surface area is 133 Å². The second kappa shape index (κ2) is 6.23. The third-order valence-corrected chi connectivity index (χ3v) is 6.72. The summed E-state index contributed by atoms with van der Waals surface area (Å²) in [6, 6.07) is 5.26. The normalized spacial score (nSPS) is 19.2. The quantitative estimate of drug-likeness (QED) is 0.833. The molecule has 3 rings (SSSR count). The SMILES string of the molecule is COc1ccsc1S(=O)(=O)N1CC[C@@H](Oc2cccnc2)C1. The van der Waals surface area contributed by atoms with Gasteiger partial charge in [-0.25, -0.2) is 8.42 Å². The van der Waals surface area contributed by atoms with Gasteiger partial charge in [0.1, 0.15) is 17.6 Å². The van der Waals surface area contributed by atoms with Crippen LogP contribution in [0.1, 0.15) is 6.42 Å². The van der Waals surface area contributed by atoms with Gasteiger partial charge in [-0.2, -0.15) is 4.31 Å². The Morgan fingerprint density at radius 3 is 3.00 bits per heavy atom. The predicted molar refractivity (Wildman–Crippen MR) is 82.9 cm³/mol. The lowest BCUT2D eigenvalue weighted by Gasteiger charge is -2.17. The number of thiophene rings is 1. The molecule has 2 aromatic rings. The summed E-state index contributed by atoms with van der Waals surface area (Å²) >= 11 is 1.17. The van der Waals surface area contributed by atoms with Crippen LogP contribution in [0.4, 0.5) is 0 Å². The molecular weight excluding hydrogens is 324 g/mol. The van der Waals surface area contributed by atoms with Gasteiger partial charge >= 0.3 is 0 Å². The summed E-state index contributed by atoms with van der Waals surface area (Å²) in [7, 11) is -2.06. The van der Waals surface area contributed by atoms with Gasteiger partial charge in [0.2, 0.25) is 0 Å². The molecule has 0 saturated carbocycles. The number of hydrogen-bond donors (Lipinski definition) is 0. The van der Waals surface area contributed by atoms with Gasteiger partial charge in [-0.15, -0.1) is 11.3 Å². The lowest BCUT2D eigenvalue weighted by atomic mass is 10.3. The number of pyridine rings is 1. The van der Waals surface area contributed by atoms with Crippen molar-refractivity contribution in [1.82, 2.24) is 9.29 Å². The Bertz CT molecular complexity index is 730. The largest absolute Gasteiger partial charge is 0.494 e. The van der Waals surface area contributed by atoms with Crippen molar-refractivity contribution in [3.05, 3.63) is 36.0 Å². The number of sulfonamides is 1. The summed E-state index contributed by atoms with van der Waals surface area (Å²) in [5.74, 6) is 1.04. The first-order valence-corrected chi connectivity index (χ1v) is 9.11. The monoisotopic (exact) mass is 340 g/mol. The van der Waals surface area contributed by atoms with Crippen LogP contribution < -0.4 is 9.47 Å². The van der Waals surface area contributed by atoms with E-state index < -0.39 is 10.0 Å². The smallest absolute Gasteiger partial charge is 0.256 e. The maximum absolute atomic E-state index is 12.7. The number of ether oxygens (including phenoxy) is 2. The average Bonchev–Trinajstić information content (AvgIpc) is 3.17. The number of hydrogen-bond acceptors (Lipinski definition) is 6. The van der Waals surface area contributed by atoms with Crippen LogP contribution >= 0.6 is 11.3 Å². The highest BCUT2D eigenvalue weighted by Gasteiger charge is 2.36. The number of nitrogens with zero attached hydrogens (tertiary/aromatic N) is 2. The van der Waals surface area contributed by atoms with E-state index in [1.807, 2.05) is 6.07 Å². The molecule has 1 aliphatic heterocycles. The minimum absolute atomic E-state index is 0.162. The maximum atomic E-state index is 12.7. The lowest BCUT2D eigenvalue weighted by Crippen LogP contribution is -2.30. The van der Waals surface area contributed by atoms with Crippen LogP contribution in [0.3, 0.4) is 0 Å². The van der Waals surface area contributed by atoms with Gasteiger partial charge in [0.15, 0.2) is 4.21 Å². The third kappa shape index (κ3) is 2.94. The van der Waals surface area contributed by atoms with E-state index in [9.17, 15) is 8.42 Å². The number of methoxy groups -OCH3 is 1. The second-order valence-electron chi connectivity index (χ2n) is 4.86. The van der Waals surface area contributed by atoms with Crippen LogP contribution in [0.2, 0.25) is 0 Å². The van der Waals surface area contributed by atoms with E-state index in [2.05, 4.69) is 4.98 Å². The molecule has 6 nitrogen and oxygen atoms in total. The molecule has 0 aliphatic carbocycles. The molecule has 1 saturated heterocycles. The zero-order valence-electron chi connectivity index (χ0n) is 12.0. The lowest BCUT2D eigenvalue weighted by molar-refractivity contribution is 0.214. The van der Waals surface area contributed by atoms with Crippen molar-refractivity contribution in [3.63, 3.8) is 0 Å². The molecule has 1 fully saturated rings. The first kappa shape index (κ1) is 15.3. The van der Waals surface area contributed by atoms with Crippen molar-refractivity contribution < 1.29 is 17.9 Å². The molecular formula is C14H16N2O4S2. The van der Waals surface area contributed by atoms with E-state index in [4.69, 9.17) is 9.47 Å². The molecule has 0 radical (unpaired) electrons. The van der Waals surface area contributed by atoms with Crippen LogP contribution in [0.15, 0.2) is 40.2 Å². The Balaban J connectivity index is 1.72. The molecule has 3 heterocycles. The van der Waals surface area contributed by atoms with Crippen molar-refractivity contribution in [2.24, 2.45) is 0 Å². The van der Waals surface area contributed by atoms with Crippen molar-refractivity contribution >= 4 is 21.4 Å². The van der Waals surface area contributed by atoms with Gasteiger partial charge in [0.25, 0.3) is 10.0 Å². The van der Waals surface area contributed by atoms with Crippen molar-refractivity contribution in [2.75, 3.05) is 20.2 Å². The van der Waals surface area contributed by atoms with Crippen molar-refractivity contribution in [2.45, 2.75) is 16.7 Å². The van der Waals surface area contributed by atoms with E-state index in [-0.39, 0.29) is 10.3 Å². The molecule has 0 amide bonds. The van der Waals surface area contributed by atoms with Gasteiger partial charge < -0.3 is 9.47 Å². The van der Waals surface area contributed by atoms with E-state index in [1.54, 1.807) is 29.9 Å². The van der Waals surface area contributed by atoms with E-state index in [0.717, 1.165) is 0 Å². The minimum Gasteiger partial charge on any atom is -0.494 e. The molecule has 0 spiro atoms. The van der Waals surface area contributed by atoms with Crippen molar-refractivity contribution in [3.8, 4) is 11.5 Å². The Hall–Kier alpha value is -1.64. The van der Waals surface area contributed by atoms with Crippen LogP contribution in [-0.2, 0) is 10.0 Å². The highest BCUT2D eigenvalue weighted by molar-refractivity contribution is 7.91. The summed E-state index contributed by atoms with van der Waals surface area (Å²) in [5.41, 5.74) is 0. The van der Waals surface area contributed by atoms with Gasteiger partial charge in [0, 0.05) is 12.7 Å². The highest BCUT2D eigenvalue weighted by Crippen LogP contribution is 2.33. The fourth-order valence-electron chi connectivity index (χ4n) is 2.36. The minimum atomic E-state index is -3.53. The molecule has 8 heteroatoms. The zero-order chi connectivity index (χ0) is 15.6. The number of rotatable bonds is 5.